The molecule has 3 aromatic carbocycles. The van der Waals surface area contributed by atoms with Crippen LogP contribution in [-0.2, 0) is 10.2 Å². The highest BCUT2D eigenvalue weighted by atomic mass is 32.1. The molecule has 0 saturated heterocycles. The van der Waals surface area contributed by atoms with Crippen LogP contribution in [0, 0.1) is 5.41 Å². The fourth-order valence-electron chi connectivity index (χ4n) is 4.52. The van der Waals surface area contributed by atoms with E-state index >= 15 is 0 Å². The molecule has 1 aromatic heterocycles. The van der Waals surface area contributed by atoms with Gasteiger partial charge in [-0.05, 0) is 30.0 Å². The van der Waals surface area contributed by atoms with Crippen LogP contribution in [0.4, 0.5) is 5.13 Å². The zero-order chi connectivity index (χ0) is 20.6. The second-order valence-corrected chi connectivity index (χ2v) is 9.03. The number of benzene rings is 3. The first kappa shape index (κ1) is 18.8. The molecule has 1 aliphatic rings. The average Bonchev–Trinajstić information content (AvgIpc) is 3.21. The van der Waals surface area contributed by atoms with Gasteiger partial charge in [0.15, 0.2) is 5.13 Å². The van der Waals surface area contributed by atoms with Gasteiger partial charge in [-0.2, -0.15) is 0 Å². The monoisotopic (exact) mass is 410 g/mol. The van der Waals surface area contributed by atoms with E-state index < -0.39 is 5.41 Å². The van der Waals surface area contributed by atoms with Crippen LogP contribution in [0.1, 0.15) is 24.5 Å². The summed E-state index contributed by atoms with van der Waals surface area (Å²) in [5.41, 5.74) is 2.61. The van der Waals surface area contributed by atoms with E-state index in [1.807, 2.05) is 60.8 Å². The molecule has 30 heavy (non-hydrogen) atoms. The minimum absolute atomic E-state index is 0.0177. The van der Waals surface area contributed by atoms with Crippen molar-refractivity contribution in [2.24, 2.45) is 5.41 Å². The molecular formula is C26H22N2OS. The summed E-state index contributed by atoms with van der Waals surface area (Å²) in [5.74, 6) is 0.0177. The zero-order valence-electron chi connectivity index (χ0n) is 16.7. The second kappa shape index (κ2) is 7.22. The lowest BCUT2D eigenvalue weighted by Gasteiger charge is -2.23. The van der Waals surface area contributed by atoms with E-state index in [9.17, 15) is 4.79 Å². The third kappa shape index (κ3) is 2.96. The first-order chi connectivity index (χ1) is 14.6. The minimum atomic E-state index is -0.533. The Labute approximate surface area is 180 Å². The van der Waals surface area contributed by atoms with E-state index in [1.54, 1.807) is 0 Å². The lowest BCUT2D eigenvalue weighted by molar-refractivity contribution is -0.121. The van der Waals surface area contributed by atoms with Crippen LogP contribution < -0.4 is 5.32 Å². The maximum absolute atomic E-state index is 13.5. The molecule has 1 saturated carbocycles. The molecular weight excluding hydrogens is 388 g/mol. The molecule has 1 atom stereocenters. The largest absolute Gasteiger partial charge is 0.301 e. The van der Waals surface area contributed by atoms with Crippen LogP contribution in [0.25, 0.3) is 10.4 Å². The lowest BCUT2D eigenvalue weighted by atomic mass is 9.80. The number of aromatic nitrogens is 1. The van der Waals surface area contributed by atoms with Crippen LogP contribution in [0.5, 0.6) is 0 Å². The van der Waals surface area contributed by atoms with Gasteiger partial charge in [0.2, 0.25) is 5.91 Å². The molecule has 3 nitrogen and oxygen atoms in total. The molecule has 0 bridgehead atoms. The van der Waals surface area contributed by atoms with Crippen LogP contribution in [0.2, 0.25) is 0 Å². The molecule has 1 aliphatic carbocycles. The molecule has 0 spiro atoms. The smallest absolute Gasteiger partial charge is 0.233 e. The van der Waals surface area contributed by atoms with Crippen molar-refractivity contribution in [1.29, 1.82) is 0 Å². The van der Waals surface area contributed by atoms with Crippen molar-refractivity contribution in [2.45, 2.75) is 18.8 Å². The van der Waals surface area contributed by atoms with E-state index in [-0.39, 0.29) is 11.3 Å². The molecule has 1 N–H and O–H groups in total. The van der Waals surface area contributed by atoms with Gasteiger partial charge < -0.3 is 5.32 Å². The van der Waals surface area contributed by atoms with E-state index in [1.165, 1.54) is 22.5 Å². The predicted octanol–water partition coefficient (Wildman–Crippen LogP) is 6.14. The number of nitrogens with zero attached hydrogens (tertiary/aromatic N) is 1. The number of carbonyl (C=O) groups excluding carboxylic acids is 1. The third-order valence-corrected chi connectivity index (χ3v) is 7.22. The minimum Gasteiger partial charge on any atom is -0.301 e. The summed E-state index contributed by atoms with van der Waals surface area (Å²) in [4.78, 5) is 19.0. The number of hydrogen-bond donors (Lipinski definition) is 1. The van der Waals surface area contributed by atoms with Gasteiger partial charge in [-0.25, -0.2) is 4.98 Å². The normalized spacial score (nSPS) is 19.2. The number of nitrogens with one attached hydrogen (secondary N) is 1. The summed E-state index contributed by atoms with van der Waals surface area (Å²) in [6.07, 6.45) is 2.60. The molecule has 1 unspecified atom stereocenters. The Balaban J connectivity index is 1.45. The lowest BCUT2D eigenvalue weighted by Crippen LogP contribution is -2.30. The molecule has 0 radical (unpaired) electrons. The van der Waals surface area contributed by atoms with Crippen LogP contribution in [0.3, 0.4) is 0 Å². The van der Waals surface area contributed by atoms with Gasteiger partial charge in [0.1, 0.15) is 0 Å². The summed E-state index contributed by atoms with van der Waals surface area (Å²) >= 11 is 1.51. The van der Waals surface area contributed by atoms with E-state index in [0.29, 0.717) is 5.13 Å². The van der Waals surface area contributed by atoms with Crippen molar-refractivity contribution in [3.63, 3.8) is 0 Å². The highest BCUT2D eigenvalue weighted by molar-refractivity contribution is 7.19. The van der Waals surface area contributed by atoms with E-state index in [0.717, 1.165) is 16.9 Å². The summed E-state index contributed by atoms with van der Waals surface area (Å²) < 4.78 is 0. The summed E-state index contributed by atoms with van der Waals surface area (Å²) in [5, 5.41) is 3.74. The van der Waals surface area contributed by atoms with Crippen molar-refractivity contribution in [2.75, 3.05) is 5.32 Å². The Morgan fingerprint density at radius 3 is 1.97 bits per heavy atom. The van der Waals surface area contributed by atoms with Gasteiger partial charge in [0, 0.05) is 11.6 Å². The number of rotatable bonds is 5. The van der Waals surface area contributed by atoms with Crippen LogP contribution in [-0.4, -0.2) is 10.9 Å². The molecule has 5 rings (SSSR count). The highest BCUT2D eigenvalue weighted by Gasteiger charge is 2.70. The SMILES string of the molecule is CC1(C(=O)Nc2ncc(-c3ccccc3)s2)CC1(c1ccccc1)c1ccccc1. The molecule has 1 heterocycles. The molecule has 4 aromatic rings. The van der Waals surface area contributed by atoms with E-state index in [2.05, 4.69) is 53.6 Å². The Morgan fingerprint density at radius 2 is 1.40 bits per heavy atom. The number of thiazole rings is 1. The molecule has 4 heteroatoms. The molecule has 148 valence electrons. The van der Waals surface area contributed by atoms with Crippen LogP contribution in [0.15, 0.2) is 97.2 Å². The molecule has 1 amide bonds. The molecule has 1 fully saturated rings. The summed E-state index contributed by atoms with van der Waals surface area (Å²) in [6, 6.07) is 30.8. The summed E-state index contributed by atoms with van der Waals surface area (Å²) in [6.45, 7) is 2.06. The van der Waals surface area contributed by atoms with E-state index in [4.69, 9.17) is 0 Å². The Morgan fingerprint density at radius 1 is 0.867 bits per heavy atom. The Kier molecular flexibility index (Phi) is 4.52. The maximum Gasteiger partial charge on any atom is 0.233 e. The quantitative estimate of drug-likeness (QED) is 0.429. The van der Waals surface area contributed by atoms with Gasteiger partial charge >= 0.3 is 0 Å². The number of carbonyl (C=O) groups is 1. The maximum atomic E-state index is 13.5. The topological polar surface area (TPSA) is 42.0 Å². The Bertz CT molecular complexity index is 1130. The summed E-state index contributed by atoms with van der Waals surface area (Å²) in [7, 11) is 0. The third-order valence-electron chi connectivity index (χ3n) is 6.25. The zero-order valence-corrected chi connectivity index (χ0v) is 17.5. The predicted molar refractivity (Wildman–Crippen MR) is 123 cm³/mol. The highest BCUT2D eigenvalue weighted by Crippen LogP contribution is 2.68. The first-order valence-electron chi connectivity index (χ1n) is 10.1. The fourth-order valence-corrected chi connectivity index (χ4v) is 5.33. The fraction of sp³-hybridized carbons (Fsp3) is 0.154. The number of amides is 1. The Hall–Kier alpha value is -3.24. The van der Waals surface area contributed by atoms with Crippen molar-refractivity contribution in [3.8, 4) is 10.4 Å². The molecule has 0 aliphatic heterocycles. The number of hydrogen-bond acceptors (Lipinski definition) is 3. The van der Waals surface area contributed by atoms with Gasteiger partial charge in [-0.1, -0.05) is 102 Å². The van der Waals surface area contributed by atoms with Gasteiger partial charge in [-0.15, -0.1) is 0 Å². The second-order valence-electron chi connectivity index (χ2n) is 8.00. The van der Waals surface area contributed by atoms with Gasteiger partial charge in [0.25, 0.3) is 0 Å². The first-order valence-corrected chi connectivity index (χ1v) is 10.9. The average molecular weight is 411 g/mol. The van der Waals surface area contributed by atoms with Gasteiger partial charge in [-0.3, -0.25) is 4.79 Å². The van der Waals surface area contributed by atoms with Crippen molar-refractivity contribution >= 4 is 22.4 Å². The number of anilines is 1. The van der Waals surface area contributed by atoms with Crippen LogP contribution >= 0.6 is 11.3 Å². The van der Waals surface area contributed by atoms with Crippen molar-refractivity contribution in [3.05, 3.63) is 108 Å². The standard InChI is InChI=1S/C26H22N2OS/c1-25(23(29)28-24-27-17-22(30-24)19-11-5-2-6-12-19)18-26(25,20-13-7-3-8-14-20)21-15-9-4-10-16-21/h2-17H,18H2,1H3,(H,27,28,29). The van der Waals surface area contributed by atoms with Crippen molar-refractivity contribution < 1.29 is 4.79 Å². The van der Waals surface area contributed by atoms with Crippen molar-refractivity contribution in [1.82, 2.24) is 4.98 Å². The van der Waals surface area contributed by atoms with Gasteiger partial charge in [0.05, 0.1) is 10.3 Å².